The molecule has 6 heteroatoms. The van der Waals surface area contributed by atoms with Crippen molar-refractivity contribution in [1.29, 1.82) is 0 Å². The molecule has 152 valence electrons. The standard InChI is InChI=1S/C22H31NO4Si/c1-20(2,3)28(4,5)27-15-7-6-13-12-16-22(25)9-8-14(24)19-21(22,10-11-23-16)17(13)18(15)26-19/h6-7,16,19,23,25H,8-12H2,1-5H3/t16-,19+,21+,22-/m1/s1. The van der Waals surface area contributed by atoms with Gasteiger partial charge in [0.1, 0.15) is 5.75 Å². The number of Topliss-reactive ketones (excluding diaryl/α,β-unsaturated/α-hetero) is 1. The molecular formula is C22H31NO4Si. The molecule has 2 heterocycles. The number of nitrogens with one attached hydrogen (secondary N) is 1. The van der Waals surface area contributed by atoms with Gasteiger partial charge >= 0.3 is 0 Å². The zero-order valence-electron chi connectivity index (χ0n) is 17.5. The molecule has 2 aliphatic carbocycles. The van der Waals surface area contributed by atoms with Gasteiger partial charge < -0.3 is 19.6 Å². The molecule has 1 aromatic rings. The van der Waals surface area contributed by atoms with Crippen molar-refractivity contribution in [3.63, 3.8) is 0 Å². The normalized spacial score (nSPS) is 36.0. The van der Waals surface area contributed by atoms with Crippen LogP contribution in [0.4, 0.5) is 0 Å². The van der Waals surface area contributed by atoms with Gasteiger partial charge in [0.25, 0.3) is 8.32 Å². The van der Waals surface area contributed by atoms with Crippen LogP contribution in [-0.2, 0) is 16.6 Å². The van der Waals surface area contributed by atoms with Crippen molar-refractivity contribution in [1.82, 2.24) is 5.32 Å². The fourth-order valence-corrected chi connectivity index (χ4v) is 6.74. The Bertz CT molecular complexity index is 876. The smallest absolute Gasteiger partial charge is 0.250 e. The van der Waals surface area contributed by atoms with E-state index in [1.54, 1.807) is 0 Å². The van der Waals surface area contributed by atoms with Crippen molar-refractivity contribution in [3.05, 3.63) is 23.3 Å². The van der Waals surface area contributed by atoms with Crippen LogP contribution in [0.3, 0.4) is 0 Å². The summed E-state index contributed by atoms with van der Waals surface area (Å²) in [6.07, 6.45) is 1.79. The quantitative estimate of drug-likeness (QED) is 0.746. The third kappa shape index (κ3) is 2.06. The van der Waals surface area contributed by atoms with Crippen molar-refractivity contribution in [2.75, 3.05) is 6.54 Å². The van der Waals surface area contributed by atoms with Crippen molar-refractivity contribution in [2.45, 2.75) is 87.7 Å². The molecule has 4 atom stereocenters. The highest BCUT2D eigenvalue weighted by molar-refractivity contribution is 6.74. The molecule has 2 aliphatic heterocycles. The Labute approximate surface area is 167 Å². The molecule has 4 aliphatic rings. The summed E-state index contributed by atoms with van der Waals surface area (Å²) in [5, 5.41) is 15.4. The molecule has 0 aromatic heterocycles. The minimum Gasteiger partial charge on any atom is -0.541 e. The van der Waals surface area contributed by atoms with Gasteiger partial charge in [-0.2, -0.15) is 0 Å². The Morgan fingerprint density at radius 1 is 1.29 bits per heavy atom. The van der Waals surface area contributed by atoms with Crippen LogP contribution in [0.15, 0.2) is 12.1 Å². The Morgan fingerprint density at radius 2 is 2.04 bits per heavy atom. The highest BCUT2D eigenvalue weighted by atomic mass is 28.4. The minimum absolute atomic E-state index is 0.0222. The number of rotatable bonds is 2. The van der Waals surface area contributed by atoms with E-state index in [-0.39, 0.29) is 16.9 Å². The van der Waals surface area contributed by atoms with Crippen molar-refractivity contribution in [3.8, 4) is 11.5 Å². The second kappa shape index (κ2) is 5.40. The zero-order chi connectivity index (χ0) is 20.1. The molecule has 2 fully saturated rings. The molecule has 28 heavy (non-hydrogen) atoms. The molecule has 2 N–H and O–H groups in total. The number of piperidine rings is 1. The van der Waals surface area contributed by atoms with E-state index in [4.69, 9.17) is 9.16 Å². The molecule has 1 aromatic carbocycles. The van der Waals surface area contributed by atoms with Crippen LogP contribution in [-0.4, -0.2) is 43.5 Å². The number of aliphatic hydroxyl groups is 1. The predicted octanol–water partition coefficient (Wildman–Crippen LogP) is 3.08. The third-order valence-corrected chi connectivity index (χ3v) is 12.6. The first-order chi connectivity index (χ1) is 13.0. The summed E-state index contributed by atoms with van der Waals surface area (Å²) in [6.45, 7) is 11.9. The third-order valence-electron chi connectivity index (χ3n) is 8.24. The molecule has 1 saturated carbocycles. The van der Waals surface area contributed by atoms with E-state index in [1.165, 1.54) is 5.56 Å². The lowest BCUT2D eigenvalue weighted by molar-refractivity contribution is -0.166. The van der Waals surface area contributed by atoms with E-state index in [2.05, 4.69) is 45.2 Å². The molecule has 0 radical (unpaired) electrons. The van der Waals surface area contributed by atoms with Gasteiger partial charge in [-0.3, -0.25) is 4.79 Å². The Hall–Kier alpha value is -1.37. The molecule has 5 nitrogen and oxygen atoms in total. The summed E-state index contributed by atoms with van der Waals surface area (Å²) in [5.74, 6) is 1.59. The maximum atomic E-state index is 12.9. The van der Waals surface area contributed by atoms with Gasteiger partial charge in [-0.05, 0) is 55.6 Å². The first-order valence-corrected chi connectivity index (χ1v) is 13.4. The van der Waals surface area contributed by atoms with E-state index in [0.29, 0.717) is 12.8 Å². The SMILES string of the molecule is CC(C)(C)[Si](C)(C)Oc1ccc2c3c1O[C@H]1C(=O)CC[C@@]4(O)[C@@H](C2)NCC[C@]314. The minimum atomic E-state index is -2.06. The maximum absolute atomic E-state index is 12.9. The highest BCUT2D eigenvalue weighted by Gasteiger charge is 2.72. The predicted molar refractivity (Wildman–Crippen MR) is 110 cm³/mol. The molecule has 2 bridgehead atoms. The number of carbonyl (C=O) groups is 1. The van der Waals surface area contributed by atoms with Gasteiger partial charge in [-0.15, -0.1) is 0 Å². The van der Waals surface area contributed by atoms with E-state index in [0.717, 1.165) is 36.4 Å². The number of benzene rings is 1. The van der Waals surface area contributed by atoms with Gasteiger partial charge in [0.2, 0.25) is 0 Å². The number of ketones is 1. The lowest BCUT2D eigenvalue weighted by Gasteiger charge is -2.59. The summed E-state index contributed by atoms with van der Waals surface area (Å²) < 4.78 is 13.0. The average Bonchev–Trinajstić information content (AvgIpc) is 2.93. The van der Waals surface area contributed by atoms with Crippen molar-refractivity contribution < 1.29 is 19.1 Å². The monoisotopic (exact) mass is 401 g/mol. The number of ether oxygens (including phenoxy) is 1. The van der Waals surface area contributed by atoms with Gasteiger partial charge in [-0.1, -0.05) is 26.8 Å². The van der Waals surface area contributed by atoms with Crippen LogP contribution in [0, 0.1) is 0 Å². The second-order valence-corrected chi connectivity index (χ2v) is 15.3. The van der Waals surface area contributed by atoms with Crippen LogP contribution >= 0.6 is 0 Å². The van der Waals surface area contributed by atoms with Crippen LogP contribution in [0.25, 0.3) is 0 Å². The van der Waals surface area contributed by atoms with Gasteiger partial charge in [0, 0.05) is 18.0 Å². The fourth-order valence-electron chi connectivity index (χ4n) is 5.72. The van der Waals surface area contributed by atoms with E-state index >= 15 is 0 Å². The lowest BCUT2D eigenvalue weighted by atomic mass is 9.49. The maximum Gasteiger partial charge on any atom is 0.250 e. The van der Waals surface area contributed by atoms with Gasteiger partial charge in [-0.25, -0.2) is 0 Å². The lowest BCUT2D eigenvalue weighted by Crippen LogP contribution is -2.76. The summed E-state index contributed by atoms with van der Waals surface area (Å²) in [7, 11) is -2.06. The summed E-state index contributed by atoms with van der Waals surface area (Å²) in [4.78, 5) is 12.9. The zero-order valence-corrected chi connectivity index (χ0v) is 18.5. The van der Waals surface area contributed by atoms with Crippen molar-refractivity contribution >= 4 is 14.1 Å². The Morgan fingerprint density at radius 3 is 2.75 bits per heavy atom. The first kappa shape index (κ1) is 18.6. The molecule has 1 spiro atoms. The van der Waals surface area contributed by atoms with Crippen LogP contribution in [0.5, 0.6) is 11.5 Å². The molecule has 0 unspecified atom stereocenters. The Kier molecular flexibility index (Phi) is 3.60. The van der Waals surface area contributed by atoms with Gasteiger partial charge in [0.15, 0.2) is 17.6 Å². The first-order valence-electron chi connectivity index (χ1n) is 10.5. The van der Waals surface area contributed by atoms with Gasteiger partial charge in [0.05, 0.1) is 11.0 Å². The van der Waals surface area contributed by atoms with Crippen molar-refractivity contribution in [2.24, 2.45) is 0 Å². The van der Waals surface area contributed by atoms with E-state index in [9.17, 15) is 9.90 Å². The average molecular weight is 402 g/mol. The number of hydrogen-bond donors (Lipinski definition) is 2. The molecule has 0 amide bonds. The summed E-state index contributed by atoms with van der Waals surface area (Å²) in [5.41, 5.74) is 0.685. The summed E-state index contributed by atoms with van der Waals surface area (Å²) >= 11 is 0. The number of carbonyl (C=O) groups excluding carboxylic acids is 1. The van der Waals surface area contributed by atoms with Crippen LogP contribution in [0.1, 0.15) is 51.2 Å². The number of hydrogen-bond acceptors (Lipinski definition) is 5. The summed E-state index contributed by atoms with van der Waals surface area (Å²) in [6, 6.07) is 4.13. The van der Waals surface area contributed by atoms with E-state index < -0.39 is 25.4 Å². The topological polar surface area (TPSA) is 67.8 Å². The van der Waals surface area contributed by atoms with E-state index in [1.807, 2.05) is 6.07 Å². The molecular weight excluding hydrogens is 370 g/mol. The van der Waals surface area contributed by atoms with Crippen LogP contribution in [0.2, 0.25) is 18.1 Å². The highest BCUT2D eigenvalue weighted by Crippen LogP contribution is 2.64. The molecule has 1 saturated heterocycles. The largest absolute Gasteiger partial charge is 0.541 e. The Balaban J connectivity index is 1.70. The van der Waals surface area contributed by atoms with Crippen LogP contribution < -0.4 is 14.5 Å². The fraction of sp³-hybridized carbons (Fsp3) is 0.682. The second-order valence-electron chi connectivity index (χ2n) is 10.6. The molecule has 5 rings (SSSR count).